The van der Waals surface area contributed by atoms with E-state index < -0.39 is 0 Å². The SMILES string of the molecule is CC(C)(C)SCCOc1cccc(C#CCCO)c1. The summed E-state index contributed by atoms with van der Waals surface area (Å²) in [5.41, 5.74) is 0.925. The average molecular weight is 278 g/mol. The van der Waals surface area contributed by atoms with Crippen LogP contribution in [0, 0.1) is 11.8 Å². The molecule has 0 aromatic heterocycles. The highest BCUT2D eigenvalue weighted by molar-refractivity contribution is 8.00. The fraction of sp³-hybridized carbons (Fsp3) is 0.500. The molecule has 0 saturated carbocycles. The van der Waals surface area contributed by atoms with Crippen molar-refractivity contribution in [3.63, 3.8) is 0 Å². The van der Waals surface area contributed by atoms with Crippen LogP contribution in [-0.2, 0) is 0 Å². The molecule has 0 spiro atoms. The Bertz CT molecular complexity index is 438. The minimum atomic E-state index is 0.104. The predicted molar refractivity (Wildman–Crippen MR) is 82.7 cm³/mol. The molecule has 19 heavy (non-hydrogen) atoms. The molecule has 0 heterocycles. The monoisotopic (exact) mass is 278 g/mol. The highest BCUT2D eigenvalue weighted by Crippen LogP contribution is 2.23. The van der Waals surface area contributed by atoms with Gasteiger partial charge in [0.2, 0.25) is 0 Å². The van der Waals surface area contributed by atoms with Crippen LogP contribution in [-0.4, -0.2) is 28.8 Å². The van der Waals surface area contributed by atoms with Crippen molar-refractivity contribution in [3.05, 3.63) is 29.8 Å². The van der Waals surface area contributed by atoms with Crippen molar-refractivity contribution in [2.75, 3.05) is 19.0 Å². The van der Waals surface area contributed by atoms with Crippen molar-refractivity contribution in [1.82, 2.24) is 0 Å². The molecule has 0 atom stereocenters. The van der Waals surface area contributed by atoms with E-state index in [-0.39, 0.29) is 11.4 Å². The molecule has 0 amide bonds. The summed E-state index contributed by atoms with van der Waals surface area (Å²) in [7, 11) is 0. The topological polar surface area (TPSA) is 29.5 Å². The molecule has 0 aliphatic rings. The first kappa shape index (κ1) is 15.9. The second-order valence-electron chi connectivity index (χ2n) is 5.11. The maximum atomic E-state index is 8.68. The van der Waals surface area contributed by atoms with Crippen LogP contribution in [0.1, 0.15) is 32.8 Å². The third kappa shape index (κ3) is 7.81. The van der Waals surface area contributed by atoms with E-state index >= 15 is 0 Å². The first-order valence-electron chi connectivity index (χ1n) is 6.48. The van der Waals surface area contributed by atoms with Crippen LogP contribution < -0.4 is 4.74 Å². The number of hydrogen-bond acceptors (Lipinski definition) is 3. The molecular weight excluding hydrogens is 256 g/mol. The van der Waals surface area contributed by atoms with Crippen molar-refractivity contribution in [2.45, 2.75) is 31.9 Å². The van der Waals surface area contributed by atoms with Gasteiger partial charge in [0.15, 0.2) is 0 Å². The molecule has 1 aromatic carbocycles. The molecule has 0 aliphatic carbocycles. The number of aliphatic hydroxyl groups is 1. The molecule has 2 nitrogen and oxygen atoms in total. The average Bonchev–Trinajstić information content (AvgIpc) is 2.35. The third-order valence-corrected chi connectivity index (χ3v) is 3.43. The van der Waals surface area contributed by atoms with E-state index in [1.54, 1.807) is 0 Å². The zero-order valence-corrected chi connectivity index (χ0v) is 12.7. The molecule has 1 rings (SSSR count). The summed E-state index contributed by atoms with van der Waals surface area (Å²) in [5, 5.41) is 8.68. The first-order valence-corrected chi connectivity index (χ1v) is 7.46. The molecule has 3 heteroatoms. The van der Waals surface area contributed by atoms with Crippen molar-refractivity contribution in [3.8, 4) is 17.6 Å². The number of hydrogen-bond donors (Lipinski definition) is 1. The Balaban J connectivity index is 2.43. The van der Waals surface area contributed by atoms with E-state index in [2.05, 4.69) is 32.6 Å². The zero-order valence-electron chi connectivity index (χ0n) is 11.9. The zero-order chi connectivity index (χ0) is 14.1. The summed E-state index contributed by atoms with van der Waals surface area (Å²) in [5.74, 6) is 7.74. The maximum Gasteiger partial charge on any atom is 0.120 e. The van der Waals surface area contributed by atoms with Crippen LogP contribution in [0.15, 0.2) is 24.3 Å². The molecule has 0 bridgehead atoms. The quantitative estimate of drug-likeness (QED) is 0.662. The highest BCUT2D eigenvalue weighted by atomic mass is 32.2. The van der Waals surface area contributed by atoms with Crippen LogP contribution in [0.2, 0.25) is 0 Å². The predicted octanol–water partition coefficient (Wildman–Crippen LogP) is 3.33. The highest BCUT2D eigenvalue weighted by Gasteiger charge is 2.09. The summed E-state index contributed by atoms with van der Waals surface area (Å²) < 4.78 is 5.99. The van der Waals surface area contributed by atoms with E-state index in [1.807, 2.05) is 36.0 Å². The van der Waals surface area contributed by atoms with Gasteiger partial charge in [0.25, 0.3) is 0 Å². The molecule has 0 saturated heterocycles. The minimum Gasteiger partial charge on any atom is -0.493 e. The summed E-state index contributed by atoms with van der Waals surface area (Å²) in [6, 6.07) is 7.77. The summed E-state index contributed by atoms with van der Waals surface area (Å²) in [6.07, 6.45) is 0.507. The Morgan fingerprint density at radius 1 is 1.32 bits per heavy atom. The maximum absolute atomic E-state index is 8.68. The van der Waals surface area contributed by atoms with Crippen molar-refractivity contribution < 1.29 is 9.84 Å². The number of thioether (sulfide) groups is 1. The standard InChI is InChI=1S/C16H22O2S/c1-16(2,3)19-12-11-18-15-9-6-8-14(13-15)7-4-5-10-17/h6,8-9,13,17H,5,10-12H2,1-3H3. The van der Waals surface area contributed by atoms with E-state index in [0.717, 1.165) is 17.1 Å². The number of ether oxygens (including phenoxy) is 1. The van der Waals surface area contributed by atoms with E-state index in [9.17, 15) is 0 Å². The van der Waals surface area contributed by atoms with Crippen LogP contribution in [0.5, 0.6) is 5.75 Å². The largest absolute Gasteiger partial charge is 0.493 e. The van der Waals surface area contributed by atoms with E-state index in [1.165, 1.54) is 0 Å². The molecule has 1 aromatic rings. The molecule has 0 aliphatic heterocycles. The lowest BCUT2D eigenvalue weighted by Gasteiger charge is -2.17. The normalized spacial score (nSPS) is 10.7. The second kappa shape index (κ2) is 8.14. The fourth-order valence-corrected chi connectivity index (χ4v) is 2.17. The number of rotatable bonds is 5. The summed E-state index contributed by atoms with van der Waals surface area (Å²) in [4.78, 5) is 0. The van der Waals surface area contributed by atoms with Gasteiger partial charge in [0, 0.05) is 22.5 Å². The lowest BCUT2D eigenvalue weighted by molar-refractivity contribution is 0.305. The van der Waals surface area contributed by atoms with Crippen molar-refractivity contribution >= 4 is 11.8 Å². The Kier molecular flexibility index (Phi) is 6.83. The van der Waals surface area contributed by atoms with Crippen molar-refractivity contribution in [1.29, 1.82) is 0 Å². The number of benzene rings is 1. The fourth-order valence-electron chi connectivity index (χ4n) is 1.39. The van der Waals surface area contributed by atoms with Gasteiger partial charge in [-0.15, -0.1) is 0 Å². The molecule has 0 unspecified atom stereocenters. The number of aliphatic hydroxyl groups excluding tert-OH is 1. The molecule has 1 N–H and O–H groups in total. The first-order chi connectivity index (χ1) is 9.01. The minimum absolute atomic E-state index is 0.104. The van der Waals surface area contributed by atoms with E-state index in [0.29, 0.717) is 13.0 Å². The van der Waals surface area contributed by atoms with Gasteiger partial charge in [-0.2, -0.15) is 11.8 Å². The third-order valence-electron chi connectivity index (χ3n) is 2.19. The Hall–Kier alpha value is -1.11. The Morgan fingerprint density at radius 2 is 2.11 bits per heavy atom. The Morgan fingerprint density at radius 3 is 2.79 bits per heavy atom. The Labute approximate surface area is 120 Å². The van der Waals surface area contributed by atoms with Crippen LogP contribution in [0.4, 0.5) is 0 Å². The van der Waals surface area contributed by atoms with Crippen LogP contribution >= 0.6 is 11.8 Å². The molecule has 0 radical (unpaired) electrons. The summed E-state index contributed by atoms with van der Waals surface area (Å²) >= 11 is 1.89. The molecular formula is C16H22O2S. The molecule has 104 valence electrons. The van der Waals surface area contributed by atoms with Gasteiger partial charge in [-0.05, 0) is 18.2 Å². The lowest BCUT2D eigenvalue weighted by Crippen LogP contribution is -2.11. The second-order valence-corrected chi connectivity index (χ2v) is 7.03. The smallest absolute Gasteiger partial charge is 0.120 e. The van der Waals surface area contributed by atoms with Crippen LogP contribution in [0.3, 0.4) is 0 Å². The van der Waals surface area contributed by atoms with Gasteiger partial charge in [-0.3, -0.25) is 0 Å². The van der Waals surface area contributed by atoms with Gasteiger partial charge in [0.05, 0.1) is 13.2 Å². The van der Waals surface area contributed by atoms with E-state index in [4.69, 9.17) is 9.84 Å². The lowest BCUT2D eigenvalue weighted by atomic mass is 10.2. The van der Waals surface area contributed by atoms with Crippen LogP contribution in [0.25, 0.3) is 0 Å². The van der Waals surface area contributed by atoms with Gasteiger partial charge < -0.3 is 9.84 Å². The summed E-state index contributed by atoms with van der Waals surface area (Å²) in [6.45, 7) is 7.42. The van der Waals surface area contributed by atoms with Gasteiger partial charge >= 0.3 is 0 Å². The van der Waals surface area contributed by atoms with Gasteiger partial charge in [-0.1, -0.05) is 38.7 Å². The van der Waals surface area contributed by atoms with Gasteiger partial charge in [-0.25, -0.2) is 0 Å². The van der Waals surface area contributed by atoms with Crippen molar-refractivity contribution in [2.24, 2.45) is 0 Å². The van der Waals surface area contributed by atoms with Gasteiger partial charge in [0.1, 0.15) is 5.75 Å². The molecule has 0 fully saturated rings.